The molecule has 1 aliphatic rings. The van der Waals surface area contributed by atoms with Crippen LogP contribution in [0.15, 0.2) is 24.3 Å². The van der Waals surface area contributed by atoms with Crippen LogP contribution in [0.3, 0.4) is 0 Å². The van der Waals surface area contributed by atoms with E-state index in [0.717, 1.165) is 12.8 Å². The third kappa shape index (κ3) is 4.97. The highest BCUT2D eigenvalue weighted by atomic mass is 16.3. The Kier molecular flexibility index (Phi) is 6.06. The fraction of sp³-hybridized carbons (Fsp3) is 0.588. The minimum atomic E-state index is 0.138. The lowest BCUT2D eigenvalue weighted by atomic mass is 10.0. The van der Waals surface area contributed by atoms with Crippen molar-refractivity contribution in [2.45, 2.75) is 44.9 Å². The summed E-state index contributed by atoms with van der Waals surface area (Å²) >= 11 is 0. The predicted octanol–water partition coefficient (Wildman–Crippen LogP) is 3.62. The molecule has 2 rings (SSSR count). The monoisotopic (exact) mass is 275 g/mol. The van der Waals surface area contributed by atoms with Crippen LogP contribution < -0.4 is 0 Å². The second kappa shape index (κ2) is 8.05. The molecule has 1 aromatic carbocycles. The fourth-order valence-corrected chi connectivity index (χ4v) is 2.80. The van der Waals surface area contributed by atoms with Crippen molar-refractivity contribution in [3.63, 3.8) is 0 Å². The topological polar surface area (TPSA) is 40.5 Å². The Hall–Kier alpha value is -1.35. The number of piperidine rings is 1. The van der Waals surface area contributed by atoms with Gasteiger partial charge in [0.15, 0.2) is 5.78 Å². The van der Waals surface area contributed by atoms with E-state index in [4.69, 9.17) is 0 Å². The Morgan fingerprint density at radius 1 is 1.10 bits per heavy atom. The van der Waals surface area contributed by atoms with Crippen molar-refractivity contribution in [3.05, 3.63) is 29.8 Å². The van der Waals surface area contributed by atoms with Gasteiger partial charge in [0.1, 0.15) is 5.75 Å². The highest BCUT2D eigenvalue weighted by molar-refractivity contribution is 5.96. The zero-order valence-corrected chi connectivity index (χ0v) is 12.2. The second-order valence-corrected chi connectivity index (χ2v) is 5.69. The van der Waals surface area contributed by atoms with Crippen LogP contribution in [0, 0.1) is 0 Å². The first-order valence-electron chi connectivity index (χ1n) is 7.80. The lowest BCUT2D eigenvalue weighted by Crippen LogP contribution is -2.30. The van der Waals surface area contributed by atoms with Crippen molar-refractivity contribution in [3.8, 4) is 5.75 Å². The van der Waals surface area contributed by atoms with Crippen LogP contribution in [0.4, 0.5) is 0 Å². The molecule has 0 aliphatic carbocycles. The minimum absolute atomic E-state index is 0.138. The van der Waals surface area contributed by atoms with Gasteiger partial charge in [0.25, 0.3) is 0 Å². The van der Waals surface area contributed by atoms with Gasteiger partial charge in [-0.05, 0) is 57.5 Å². The number of hydrogen-bond donors (Lipinski definition) is 1. The van der Waals surface area contributed by atoms with Gasteiger partial charge in [-0.1, -0.05) is 25.0 Å². The van der Waals surface area contributed by atoms with Gasteiger partial charge < -0.3 is 10.0 Å². The quantitative estimate of drug-likeness (QED) is 0.610. The van der Waals surface area contributed by atoms with Crippen molar-refractivity contribution in [2.24, 2.45) is 0 Å². The Balaban J connectivity index is 1.59. The molecule has 0 bridgehead atoms. The first kappa shape index (κ1) is 15.0. The molecule has 1 fully saturated rings. The lowest BCUT2D eigenvalue weighted by molar-refractivity contribution is 0.0978. The molecule has 1 aromatic rings. The van der Waals surface area contributed by atoms with Crippen LogP contribution in [0.2, 0.25) is 0 Å². The van der Waals surface area contributed by atoms with Crippen molar-refractivity contribution in [1.29, 1.82) is 0 Å². The van der Waals surface area contributed by atoms with E-state index in [2.05, 4.69) is 4.90 Å². The number of phenols is 1. The Morgan fingerprint density at radius 2 is 1.90 bits per heavy atom. The summed E-state index contributed by atoms with van der Waals surface area (Å²) in [4.78, 5) is 14.5. The van der Waals surface area contributed by atoms with Crippen molar-refractivity contribution in [2.75, 3.05) is 19.6 Å². The van der Waals surface area contributed by atoms with Crippen molar-refractivity contribution < 1.29 is 9.90 Å². The van der Waals surface area contributed by atoms with Gasteiger partial charge in [-0.2, -0.15) is 0 Å². The normalized spacial score (nSPS) is 16.2. The van der Waals surface area contributed by atoms with E-state index in [-0.39, 0.29) is 11.5 Å². The van der Waals surface area contributed by atoms with Gasteiger partial charge in [-0.25, -0.2) is 0 Å². The van der Waals surface area contributed by atoms with E-state index in [1.807, 2.05) is 0 Å². The van der Waals surface area contributed by atoms with E-state index in [1.54, 1.807) is 24.3 Å². The largest absolute Gasteiger partial charge is 0.508 e. The van der Waals surface area contributed by atoms with E-state index in [1.165, 1.54) is 45.3 Å². The Labute approximate surface area is 121 Å². The second-order valence-electron chi connectivity index (χ2n) is 5.69. The fourth-order valence-electron chi connectivity index (χ4n) is 2.80. The molecule has 0 aromatic heterocycles. The third-order valence-corrected chi connectivity index (χ3v) is 3.99. The average molecular weight is 275 g/mol. The highest BCUT2D eigenvalue weighted by Crippen LogP contribution is 2.15. The van der Waals surface area contributed by atoms with Gasteiger partial charge in [-0.3, -0.25) is 4.79 Å². The summed E-state index contributed by atoms with van der Waals surface area (Å²) < 4.78 is 0. The molecule has 0 radical (unpaired) electrons. The molecule has 1 N–H and O–H groups in total. The van der Waals surface area contributed by atoms with Crippen LogP contribution >= 0.6 is 0 Å². The highest BCUT2D eigenvalue weighted by Gasteiger charge is 2.09. The van der Waals surface area contributed by atoms with E-state index in [0.29, 0.717) is 12.0 Å². The maximum atomic E-state index is 11.9. The average Bonchev–Trinajstić information content (AvgIpc) is 2.48. The molecule has 110 valence electrons. The number of rotatable bonds is 7. The number of carbonyl (C=O) groups excluding carboxylic acids is 1. The molecule has 3 nitrogen and oxygen atoms in total. The number of carbonyl (C=O) groups is 1. The summed E-state index contributed by atoms with van der Waals surface area (Å²) in [5.74, 6) is 0.305. The SMILES string of the molecule is O=C(CCCCCN1CCCCC1)c1cccc(O)c1. The molecule has 0 unspecified atom stereocenters. The lowest BCUT2D eigenvalue weighted by Gasteiger charge is -2.26. The summed E-state index contributed by atoms with van der Waals surface area (Å²) in [7, 11) is 0. The van der Waals surface area contributed by atoms with Gasteiger partial charge in [0.2, 0.25) is 0 Å². The zero-order chi connectivity index (χ0) is 14.2. The van der Waals surface area contributed by atoms with Crippen molar-refractivity contribution in [1.82, 2.24) is 4.90 Å². The number of ketones is 1. The summed E-state index contributed by atoms with van der Waals surface area (Å²) in [6.45, 7) is 3.69. The van der Waals surface area contributed by atoms with Gasteiger partial charge in [0, 0.05) is 12.0 Å². The Bertz CT molecular complexity index is 425. The molecule has 20 heavy (non-hydrogen) atoms. The van der Waals surface area contributed by atoms with Crippen LogP contribution in [0.1, 0.15) is 55.3 Å². The Morgan fingerprint density at radius 3 is 2.65 bits per heavy atom. The predicted molar refractivity (Wildman–Crippen MR) is 81.2 cm³/mol. The van der Waals surface area contributed by atoms with Crippen LogP contribution in [-0.4, -0.2) is 35.4 Å². The molecule has 3 heteroatoms. The molecule has 0 spiro atoms. The van der Waals surface area contributed by atoms with Gasteiger partial charge in [-0.15, -0.1) is 0 Å². The minimum Gasteiger partial charge on any atom is -0.508 e. The van der Waals surface area contributed by atoms with Gasteiger partial charge in [0.05, 0.1) is 0 Å². The molecule has 1 aliphatic heterocycles. The number of phenolic OH excluding ortho intramolecular Hbond substituents is 1. The molecule has 0 amide bonds. The van der Waals surface area contributed by atoms with Crippen LogP contribution in [0.5, 0.6) is 5.75 Å². The molecular formula is C17H25NO2. The number of Topliss-reactive ketones (excluding diaryl/α,β-unsaturated/α-hetero) is 1. The maximum absolute atomic E-state index is 11.9. The summed E-state index contributed by atoms with van der Waals surface area (Å²) in [5, 5.41) is 9.36. The number of aromatic hydroxyl groups is 1. The number of nitrogens with zero attached hydrogens (tertiary/aromatic N) is 1. The van der Waals surface area contributed by atoms with E-state index < -0.39 is 0 Å². The maximum Gasteiger partial charge on any atom is 0.163 e. The molecule has 1 saturated heterocycles. The number of benzene rings is 1. The number of hydrogen-bond acceptors (Lipinski definition) is 3. The molecule has 0 atom stereocenters. The summed E-state index contributed by atoms with van der Waals surface area (Å²) in [5.41, 5.74) is 0.626. The molecular weight excluding hydrogens is 250 g/mol. The number of unbranched alkanes of at least 4 members (excludes halogenated alkanes) is 2. The first-order valence-corrected chi connectivity index (χ1v) is 7.80. The molecule has 0 saturated carbocycles. The first-order chi connectivity index (χ1) is 9.75. The summed E-state index contributed by atoms with van der Waals surface area (Å²) in [6, 6.07) is 6.64. The van der Waals surface area contributed by atoms with Crippen LogP contribution in [-0.2, 0) is 0 Å². The van der Waals surface area contributed by atoms with Gasteiger partial charge >= 0.3 is 0 Å². The van der Waals surface area contributed by atoms with Crippen molar-refractivity contribution >= 4 is 5.78 Å². The standard InChI is InChI=1S/C17H25NO2/c19-16-9-7-8-15(14-16)17(20)10-3-1-4-11-18-12-5-2-6-13-18/h7-9,14,19H,1-6,10-13H2. The smallest absolute Gasteiger partial charge is 0.163 e. The zero-order valence-electron chi connectivity index (χ0n) is 12.2. The summed E-state index contributed by atoms with van der Waals surface area (Å²) in [6.07, 6.45) is 7.90. The molecule has 1 heterocycles. The van der Waals surface area contributed by atoms with Crippen LogP contribution in [0.25, 0.3) is 0 Å². The van der Waals surface area contributed by atoms with E-state index in [9.17, 15) is 9.90 Å². The van der Waals surface area contributed by atoms with E-state index >= 15 is 0 Å². The number of likely N-dealkylation sites (tertiary alicyclic amines) is 1. The third-order valence-electron chi connectivity index (χ3n) is 3.99.